The molecule has 118 valence electrons. The zero-order chi connectivity index (χ0) is 16.4. The van der Waals surface area contributed by atoms with Crippen molar-refractivity contribution in [3.63, 3.8) is 0 Å². The predicted molar refractivity (Wildman–Crippen MR) is 93.8 cm³/mol. The third kappa shape index (κ3) is 3.07. The van der Waals surface area contributed by atoms with E-state index >= 15 is 0 Å². The monoisotopic (exact) mass is 373 g/mol. The molecule has 1 amide bonds. The van der Waals surface area contributed by atoms with Gasteiger partial charge in [-0.05, 0) is 41.4 Å². The van der Waals surface area contributed by atoms with Gasteiger partial charge in [0.2, 0.25) is 0 Å². The Labute approximate surface area is 141 Å². The third-order valence-corrected chi connectivity index (χ3v) is 4.06. The molecule has 0 aliphatic carbocycles. The van der Waals surface area contributed by atoms with Crippen LogP contribution in [0, 0.1) is 0 Å². The van der Waals surface area contributed by atoms with Crippen LogP contribution in [-0.4, -0.2) is 16.6 Å². The lowest BCUT2D eigenvalue weighted by molar-refractivity contribution is 0.0950. The summed E-state index contributed by atoms with van der Waals surface area (Å²) in [5.41, 5.74) is 5.54. The van der Waals surface area contributed by atoms with Crippen molar-refractivity contribution in [2.75, 3.05) is 0 Å². The Hall–Kier alpha value is -2.34. The van der Waals surface area contributed by atoms with Crippen molar-refractivity contribution in [1.29, 1.82) is 0 Å². The van der Waals surface area contributed by atoms with Crippen LogP contribution >= 0.6 is 15.9 Å². The highest BCUT2D eigenvalue weighted by Gasteiger charge is 2.15. The fraction of sp³-hybridized carbons (Fsp3) is 0.176. The first-order valence-corrected chi connectivity index (χ1v) is 8.08. The van der Waals surface area contributed by atoms with E-state index in [1.807, 2.05) is 31.2 Å². The summed E-state index contributed by atoms with van der Waals surface area (Å²) in [4.78, 5) is 14.9. The molecule has 0 atom stereocenters. The van der Waals surface area contributed by atoms with Gasteiger partial charge in [-0.3, -0.25) is 4.79 Å². The smallest absolute Gasteiger partial charge is 0.287 e. The number of H-pyrrole nitrogens is 1. The third-order valence-electron chi connectivity index (χ3n) is 3.60. The molecular formula is C17H16BrN3O2. The molecule has 0 aliphatic rings. The number of aryl methyl sites for hydroxylation is 1. The number of furan rings is 1. The zero-order valence-electron chi connectivity index (χ0n) is 12.8. The number of hydrazone groups is 1. The topological polar surface area (TPSA) is 70.4 Å². The number of rotatable bonds is 4. The number of nitrogens with zero attached hydrogens (tertiary/aromatic N) is 1. The number of amides is 1. The van der Waals surface area contributed by atoms with Crippen LogP contribution in [0.3, 0.4) is 0 Å². The van der Waals surface area contributed by atoms with Crippen molar-refractivity contribution in [3.8, 4) is 0 Å². The van der Waals surface area contributed by atoms with E-state index in [9.17, 15) is 4.79 Å². The van der Waals surface area contributed by atoms with E-state index in [1.54, 1.807) is 12.3 Å². The van der Waals surface area contributed by atoms with Crippen molar-refractivity contribution in [3.05, 3.63) is 58.0 Å². The standard InChI is InChI=1S/C17H16BrN3O2/c1-3-12-13-6-4-5-7-15(13)23-16(12)10(2)20-21-17(22)14-8-11(18)9-19-14/h4-9,19H,3H2,1-2H3,(H,21,22)/b20-10-. The van der Waals surface area contributed by atoms with Crippen LogP contribution in [0.2, 0.25) is 0 Å². The number of halogens is 1. The van der Waals surface area contributed by atoms with Crippen molar-refractivity contribution < 1.29 is 9.21 Å². The minimum atomic E-state index is -0.302. The second kappa shape index (κ2) is 6.42. The highest BCUT2D eigenvalue weighted by Crippen LogP contribution is 2.26. The van der Waals surface area contributed by atoms with Gasteiger partial charge in [-0.2, -0.15) is 5.10 Å². The van der Waals surface area contributed by atoms with Crippen molar-refractivity contribution in [1.82, 2.24) is 10.4 Å². The average Bonchev–Trinajstić information content (AvgIpc) is 3.15. The molecule has 5 nitrogen and oxygen atoms in total. The van der Waals surface area contributed by atoms with Crippen molar-refractivity contribution in [2.24, 2.45) is 5.10 Å². The first-order chi connectivity index (χ1) is 11.1. The predicted octanol–water partition coefficient (Wildman–Crippen LogP) is 4.24. The maximum absolute atomic E-state index is 12.0. The average molecular weight is 374 g/mol. The van der Waals surface area contributed by atoms with E-state index in [0.717, 1.165) is 27.4 Å². The molecule has 2 N–H and O–H groups in total. The number of fused-ring (bicyclic) bond motifs is 1. The summed E-state index contributed by atoms with van der Waals surface area (Å²) in [6.45, 7) is 3.89. The first-order valence-electron chi connectivity index (χ1n) is 7.29. The van der Waals surface area contributed by atoms with Crippen LogP contribution in [0.1, 0.15) is 35.7 Å². The minimum absolute atomic E-state index is 0.302. The summed E-state index contributed by atoms with van der Waals surface area (Å²) in [5, 5.41) is 5.25. The normalized spacial score (nSPS) is 11.9. The van der Waals surface area contributed by atoms with Gasteiger partial charge in [-0.15, -0.1) is 0 Å². The highest BCUT2D eigenvalue weighted by atomic mass is 79.9. The molecule has 0 saturated heterocycles. The van der Waals surface area contributed by atoms with Crippen LogP contribution in [0.5, 0.6) is 0 Å². The molecule has 0 bridgehead atoms. The number of benzene rings is 1. The Morgan fingerprint density at radius 3 is 2.87 bits per heavy atom. The van der Waals surface area contributed by atoms with Crippen LogP contribution in [-0.2, 0) is 6.42 Å². The Kier molecular flexibility index (Phi) is 4.34. The molecular weight excluding hydrogens is 358 g/mol. The molecule has 0 unspecified atom stereocenters. The largest absolute Gasteiger partial charge is 0.454 e. The van der Waals surface area contributed by atoms with E-state index in [0.29, 0.717) is 17.2 Å². The van der Waals surface area contributed by atoms with E-state index in [2.05, 4.69) is 38.4 Å². The number of aromatic amines is 1. The fourth-order valence-corrected chi connectivity index (χ4v) is 2.83. The summed E-state index contributed by atoms with van der Waals surface area (Å²) in [7, 11) is 0. The lowest BCUT2D eigenvalue weighted by Crippen LogP contribution is -2.19. The molecule has 0 aliphatic heterocycles. The van der Waals surface area contributed by atoms with Crippen LogP contribution < -0.4 is 5.43 Å². The van der Waals surface area contributed by atoms with Gasteiger partial charge < -0.3 is 9.40 Å². The number of carbonyl (C=O) groups excluding carboxylic acids is 1. The maximum atomic E-state index is 12.0. The molecule has 3 aromatic rings. The molecule has 0 saturated carbocycles. The van der Waals surface area contributed by atoms with E-state index in [-0.39, 0.29) is 5.91 Å². The van der Waals surface area contributed by atoms with E-state index in [1.165, 1.54) is 0 Å². The van der Waals surface area contributed by atoms with E-state index < -0.39 is 0 Å². The van der Waals surface area contributed by atoms with Gasteiger partial charge in [0.1, 0.15) is 17.0 Å². The SMILES string of the molecule is CCc1c(/C(C)=N\NC(=O)c2cc(Br)c[nH]2)oc2ccccc12. The Bertz CT molecular complexity index is 892. The second-order valence-electron chi connectivity index (χ2n) is 5.13. The van der Waals surface area contributed by atoms with Crippen molar-refractivity contribution in [2.45, 2.75) is 20.3 Å². The minimum Gasteiger partial charge on any atom is -0.454 e. The summed E-state index contributed by atoms with van der Waals surface area (Å²) < 4.78 is 6.71. The lowest BCUT2D eigenvalue weighted by atomic mass is 10.1. The second-order valence-corrected chi connectivity index (χ2v) is 6.04. The Balaban J connectivity index is 1.87. The van der Waals surface area contributed by atoms with Crippen molar-refractivity contribution >= 4 is 38.5 Å². The number of hydrogen-bond donors (Lipinski definition) is 2. The number of nitrogens with one attached hydrogen (secondary N) is 2. The van der Waals surface area contributed by atoms with Gasteiger partial charge in [0.25, 0.3) is 5.91 Å². The van der Waals surface area contributed by atoms with Gasteiger partial charge in [-0.1, -0.05) is 25.1 Å². The molecule has 0 spiro atoms. The van der Waals surface area contributed by atoms with Crippen LogP contribution in [0.25, 0.3) is 11.0 Å². The number of carbonyl (C=O) groups is 1. The molecule has 2 heterocycles. The summed E-state index contributed by atoms with van der Waals surface area (Å²) >= 11 is 3.29. The fourth-order valence-electron chi connectivity index (χ4n) is 2.49. The number of para-hydroxylation sites is 1. The molecule has 0 fully saturated rings. The number of hydrogen-bond acceptors (Lipinski definition) is 3. The van der Waals surface area contributed by atoms with Gasteiger partial charge in [0, 0.05) is 21.6 Å². The Morgan fingerprint density at radius 1 is 1.39 bits per heavy atom. The summed E-state index contributed by atoms with van der Waals surface area (Å²) in [6.07, 6.45) is 2.52. The van der Waals surface area contributed by atoms with Crippen LogP contribution in [0.4, 0.5) is 0 Å². The summed E-state index contributed by atoms with van der Waals surface area (Å²) in [5.74, 6) is 0.408. The van der Waals surface area contributed by atoms with E-state index in [4.69, 9.17) is 4.42 Å². The van der Waals surface area contributed by atoms with Gasteiger partial charge in [0.15, 0.2) is 5.76 Å². The first kappa shape index (κ1) is 15.6. The Morgan fingerprint density at radius 2 is 2.17 bits per heavy atom. The summed E-state index contributed by atoms with van der Waals surface area (Å²) in [6, 6.07) is 9.58. The molecule has 2 aromatic heterocycles. The number of aromatic nitrogens is 1. The molecule has 23 heavy (non-hydrogen) atoms. The highest BCUT2D eigenvalue weighted by molar-refractivity contribution is 9.10. The van der Waals surface area contributed by atoms with Gasteiger partial charge in [0.05, 0.1) is 0 Å². The van der Waals surface area contributed by atoms with Crippen LogP contribution in [0.15, 0.2) is 50.5 Å². The molecule has 3 rings (SSSR count). The quantitative estimate of drug-likeness (QED) is 0.530. The molecule has 1 aromatic carbocycles. The molecule has 0 radical (unpaired) electrons. The lowest BCUT2D eigenvalue weighted by Gasteiger charge is -2.01. The van der Waals surface area contributed by atoms with Gasteiger partial charge >= 0.3 is 0 Å². The maximum Gasteiger partial charge on any atom is 0.287 e. The zero-order valence-corrected chi connectivity index (χ0v) is 14.4. The molecule has 6 heteroatoms. The van der Waals surface area contributed by atoms with Gasteiger partial charge in [-0.25, -0.2) is 5.43 Å².